The number of rotatable bonds is 2. The summed E-state index contributed by atoms with van der Waals surface area (Å²) in [6, 6.07) is 8.82. The lowest BCUT2D eigenvalue weighted by Gasteiger charge is -2.36. The van der Waals surface area contributed by atoms with Gasteiger partial charge in [-0.2, -0.15) is 5.26 Å². The number of nitriles is 1. The second-order valence-corrected chi connectivity index (χ2v) is 5.78. The average Bonchev–Trinajstić information content (AvgIpc) is 2.91. The van der Waals surface area contributed by atoms with Gasteiger partial charge in [-0.05, 0) is 41.7 Å². The van der Waals surface area contributed by atoms with Crippen LogP contribution in [0.3, 0.4) is 0 Å². The second-order valence-electron chi connectivity index (χ2n) is 5.78. The lowest BCUT2D eigenvalue weighted by Crippen LogP contribution is -2.34. The fourth-order valence-electron chi connectivity index (χ4n) is 3.38. The molecule has 0 radical (unpaired) electrons. The Morgan fingerprint density at radius 1 is 1.20 bits per heavy atom. The minimum atomic E-state index is -0.223. The molecular formula is C17H18FNO. The lowest BCUT2D eigenvalue weighted by molar-refractivity contribution is -0.0324. The van der Waals surface area contributed by atoms with Crippen molar-refractivity contribution in [1.29, 1.82) is 5.26 Å². The number of nitrogens with zero attached hydrogens (tertiary/aromatic N) is 1. The van der Waals surface area contributed by atoms with Crippen molar-refractivity contribution in [1.82, 2.24) is 0 Å². The predicted octanol–water partition coefficient (Wildman–Crippen LogP) is 4.23. The highest BCUT2D eigenvalue weighted by molar-refractivity contribution is 5.71. The van der Waals surface area contributed by atoms with Crippen LogP contribution in [0.5, 0.6) is 0 Å². The molecule has 1 spiro atoms. The van der Waals surface area contributed by atoms with E-state index in [0.717, 1.165) is 30.4 Å². The molecule has 1 aromatic carbocycles. The van der Waals surface area contributed by atoms with Crippen molar-refractivity contribution < 1.29 is 9.13 Å². The first kappa shape index (κ1) is 13.3. The van der Waals surface area contributed by atoms with E-state index < -0.39 is 0 Å². The van der Waals surface area contributed by atoms with Crippen LogP contribution in [0.4, 0.5) is 4.39 Å². The minimum Gasteiger partial charge on any atom is -0.370 e. The van der Waals surface area contributed by atoms with Crippen molar-refractivity contribution >= 4 is 5.57 Å². The summed E-state index contributed by atoms with van der Waals surface area (Å²) < 4.78 is 19.2. The van der Waals surface area contributed by atoms with E-state index in [2.05, 4.69) is 6.07 Å². The third kappa shape index (κ3) is 2.48. The van der Waals surface area contributed by atoms with E-state index in [1.165, 1.54) is 30.5 Å². The van der Waals surface area contributed by atoms with Gasteiger partial charge in [-0.25, -0.2) is 4.39 Å². The maximum atomic E-state index is 13.1. The predicted molar refractivity (Wildman–Crippen MR) is 75.3 cm³/mol. The molecule has 1 saturated carbocycles. The van der Waals surface area contributed by atoms with Gasteiger partial charge in [0.25, 0.3) is 0 Å². The standard InChI is InChI=1S/C17H18FNO/c18-15-5-3-13(4-6-15)16-11-17(8-1-2-9-17)20-12-14(16)7-10-19/h3-6H,1-2,7-9,11-12H2. The molecule has 1 fully saturated rings. The highest BCUT2D eigenvalue weighted by Gasteiger charge is 2.39. The second kappa shape index (κ2) is 5.38. The summed E-state index contributed by atoms with van der Waals surface area (Å²) in [7, 11) is 0. The Hall–Kier alpha value is -1.66. The molecular weight excluding hydrogens is 253 g/mol. The monoisotopic (exact) mass is 271 g/mol. The van der Waals surface area contributed by atoms with Crippen LogP contribution in [0.15, 0.2) is 29.8 Å². The number of hydrogen-bond donors (Lipinski definition) is 0. The Kier molecular flexibility index (Phi) is 3.58. The van der Waals surface area contributed by atoms with Crippen LogP contribution in [-0.2, 0) is 4.74 Å². The molecule has 1 aliphatic heterocycles. The van der Waals surface area contributed by atoms with Crippen molar-refractivity contribution in [3.63, 3.8) is 0 Å². The number of halogens is 1. The first-order valence-electron chi connectivity index (χ1n) is 7.20. The van der Waals surface area contributed by atoms with Crippen molar-refractivity contribution in [3.05, 3.63) is 41.2 Å². The molecule has 20 heavy (non-hydrogen) atoms. The Morgan fingerprint density at radius 2 is 1.90 bits per heavy atom. The van der Waals surface area contributed by atoms with Gasteiger partial charge in [0.2, 0.25) is 0 Å². The van der Waals surface area contributed by atoms with Gasteiger partial charge in [0.1, 0.15) is 5.82 Å². The van der Waals surface area contributed by atoms with Crippen LogP contribution in [0.1, 0.15) is 44.1 Å². The fourth-order valence-corrected chi connectivity index (χ4v) is 3.38. The van der Waals surface area contributed by atoms with Crippen molar-refractivity contribution in [2.75, 3.05) is 6.61 Å². The molecule has 1 heterocycles. The summed E-state index contributed by atoms with van der Waals surface area (Å²) >= 11 is 0. The lowest BCUT2D eigenvalue weighted by atomic mass is 9.83. The van der Waals surface area contributed by atoms with E-state index in [4.69, 9.17) is 10.00 Å². The SMILES string of the molecule is N#CCC1=C(c2ccc(F)cc2)CC2(CCCC2)OC1. The molecule has 3 heteroatoms. The van der Waals surface area contributed by atoms with Gasteiger partial charge in [-0.1, -0.05) is 25.0 Å². The largest absolute Gasteiger partial charge is 0.370 e. The summed E-state index contributed by atoms with van der Waals surface area (Å²) in [6.45, 7) is 0.542. The summed E-state index contributed by atoms with van der Waals surface area (Å²) in [5.74, 6) is -0.223. The number of benzene rings is 1. The fraction of sp³-hybridized carbons (Fsp3) is 0.471. The third-order valence-corrected chi connectivity index (χ3v) is 4.48. The maximum absolute atomic E-state index is 13.1. The Balaban J connectivity index is 1.96. The topological polar surface area (TPSA) is 33.0 Å². The van der Waals surface area contributed by atoms with E-state index in [1.807, 2.05) is 12.1 Å². The van der Waals surface area contributed by atoms with Crippen LogP contribution in [0.2, 0.25) is 0 Å². The molecule has 2 aliphatic rings. The van der Waals surface area contributed by atoms with Gasteiger partial charge in [-0.3, -0.25) is 0 Å². The zero-order chi connectivity index (χ0) is 14.0. The molecule has 0 atom stereocenters. The van der Waals surface area contributed by atoms with E-state index in [9.17, 15) is 4.39 Å². The summed E-state index contributed by atoms with van der Waals surface area (Å²) in [4.78, 5) is 0. The molecule has 0 N–H and O–H groups in total. The molecule has 2 nitrogen and oxygen atoms in total. The van der Waals surface area contributed by atoms with Crippen LogP contribution < -0.4 is 0 Å². The molecule has 0 bridgehead atoms. The molecule has 104 valence electrons. The highest BCUT2D eigenvalue weighted by atomic mass is 19.1. The van der Waals surface area contributed by atoms with E-state index >= 15 is 0 Å². The highest BCUT2D eigenvalue weighted by Crippen LogP contribution is 2.45. The molecule has 0 aromatic heterocycles. The summed E-state index contributed by atoms with van der Waals surface area (Å²) in [5.41, 5.74) is 3.24. The first-order chi connectivity index (χ1) is 9.72. The third-order valence-electron chi connectivity index (χ3n) is 4.48. The van der Waals surface area contributed by atoms with Gasteiger partial charge >= 0.3 is 0 Å². The quantitative estimate of drug-likeness (QED) is 0.806. The van der Waals surface area contributed by atoms with Gasteiger partial charge in [0.15, 0.2) is 0 Å². The zero-order valence-electron chi connectivity index (χ0n) is 11.5. The van der Waals surface area contributed by atoms with Crippen molar-refractivity contribution in [2.24, 2.45) is 0 Å². The minimum absolute atomic E-state index is 0.0390. The van der Waals surface area contributed by atoms with Gasteiger partial charge in [-0.15, -0.1) is 0 Å². The van der Waals surface area contributed by atoms with Crippen LogP contribution >= 0.6 is 0 Å². The van der Waals surface area contributed by atoms with Gasteiger partial charge in [0, 0.05) is 6.42 Å². The Bertz CT molecular complexity index is 562. The maximum Gasteiger partial charge on any atom is 0.123 e. The molecule has 1 aromatic rings. The van der Waals surface area contributed by atoms with Crippen molar-refractivity contribution in [3.8, 4) is 6.07 Å². The molecule has 0 unspecified atom stereocenters. The van der Waals surface area contributed by atoms with E-state index in [1.54, 1.807) is 0 Å². The van der Waals surface area contributed by atoms with Crippen molar-refractivity contribution in [2.45, 2.75) is 44.1 Å². The average molecular weight is 271 g/mol. The molecule has 1 aliphatic carbocycles. The summed E-state index contributed by atoms with van der Waals surface area (Å²) in [6.07, 6.45) is 5.86. The van der Waals surface area contributed by atoms with Crippen LogP contribution in [-0.4, -0.2) is 12.2 Å². The van der Waals surface area contributed by atoms with Gasteiger partial charge < -0.3 is 4.74 Å². The molecule has 0 saturated heterocycles. The normalized spacial score (nSPS) is 21.2. The number of hydrogen-bond acceptors (Lipinski definition) is 2. The summed E-state index contributed by atoms with van der Waals surface area (Å²) in [5, 5.41) is 8.98. The van der Waals surface area contributed by atoms with Crippen LogP contribution in [0.25, 0.3) is 5.57 Å². The van der Waals surface area contributed by atoms with Gasteiger partial charge in [0.05, 0.1) is 24.7 Å². The first-order valence-corrected chi connectivity index (χ1v) is 7.20. The Labute approximate surface area is 118 Å². The number of ether oxygens (including phenoxy) is 1. The smallest absolute Gasteiger partial charge is 0.123 e. The van der Waals surface area contributed by atoms with E-state index in [-0.39, 0.29) is 11.4 Å². The van der Waals surface area contributed by atoms with E-state index in [0.29, 0.717) is 13.0 Å². The van der Waals surface area contributed by atoms with Crippen LogP contribution in [0, 0.1) is 17.1 Å². The Morgan fingerprint density at radius 3 is 2.55 bits per heavy atom. The molecule has 0 amide bonds. The molecule has 3 rings (SSSR count). The zero-order valence-corrected chi connectivity index (χ0v) is 11.5.